The van der Waals surface area contributed by atoms with E-state index in [1.54, 1.807) is 23.6 Å². The Morgan fingerprint density at radius 3 is 3.07 bits per heavy atom. The van der Waals surface area contributed by atoms with Crippen molar-refractivity contribution >= 4 is 11.8 Å². The molecule has 0 bridgehead atoms. The maximum atomic E-state index is 4.91. The molecule has 0 aliphatic rings. The van der Waals surface area contributed by atoms with Crippen LogP contribution in [0.25, 0.3) is 0 Å². The van der Waals surface area contributed by atoms with E-state index in [4.69, 9.17) is 4.74 Å². The van der Waals surface area contributed by atoms with Gasteiger partial charge in [0, 0.05) is 20.2 Å². The smallest absolute Gasteiger partial charge is 0.209 e. The summed E-state index contributed by atoms with van der Waals surface area (Å²) >= 11 is 1.54. The van der Waals surface area contributed by atoms with Crippen LogP contribution in [-0.4, -0.2) is 53.3 Å². The van der Waals surface area contributed by atoms with Crippen LogP contribution in [0, 0.1) is 0 Å². The van der Waals surface area contributed by atoms with Gasteiger partial charge in [-0.05, 0) is 16.7 Å². The third kappa shape index (κ3) is 3.60. The van der Waals surface area contributed by atoms with Crippen molar-refractivity contribution in [3.8, 4) is 0 Å². The van der Waals surface area contributed by atoms with E-state index in [-0.39, 0.29) is 0 Å². The lowest BCUT2D eigenvalue weighted by molar-refractivity contribution is 0.199. The molecule has 0 saturated heterocycles. The Morgan fingerprint density at radius 1 is 1.50 bits per heavy atom. The van der Waals surface area contributed by atoms with Crippen molar-refractivity contribution in [3.63, 3.8) is 0 Å². The summed E-state index contributed by atoms with van der Waals surface area (Å²) < 4.78 is 6.69. The maximum Gasteiger partial charge on any atom is 0.209 e. The third-order valence-corrected chi connectivity index (χ3v) is 2.32. The zero-order chi connectivity index (χ0) is 10.2. The molecule has 14 heavy (non-hydrogen) atoms. The number of nitrogens with zero attached hydrogens (tertiary/aromatic N) is 4. The van der Waals surface area contributed by atoms with Crippen molar-refractivity contribution in [2.75, 3.05) is 33.1 Å². The molecule has 0 amide bonds. The molecular weight excluding hydrogens is 202 g/mol. The van der Waals surface area contributed by atoms with Crippen molar-refractivity contribution in [3.05, 3.63) is 0 Å². The van der Waals surface area contributed by atoms with Crippen LogP contribution in [0.3, 0.4) is 0 Å². The van der Waals surface area contributed by atoms with Crippen LogP contribution < -0.4 is 5.32 Å². The van der Waals surface area contributed by atoms with Crippen LogP contribution in [0.5, 0.6) is 0 Å². The van der Waals surface area contributed by atoms with Crippen LogP contribution in [0.15, 0.2) is 5.16 Å². The van der Waals surface area contributed by atoms with E-state index >= 15 is 0 Å². The molecule has 0 atom stereocenters. The van der Waals surface area contributed by atoms with Crippen LogP contribution in [0.4, 0.5) is 0 Å². The van der Waals surface area contributed by atoms with Crippen LogP contribution in [0.2, 0.25) is 0 Å². The highest BCUT2D eigenvalue weighted by molar-refractivity contribution is 7.98. The normalized spacial score (nSPS) is 10.7. The number of methoxy groups -OCH3 is 1. The fourth-order valence-corrected chi connectivity index (χ4v) is 1.42. The van der Waals surface area contributed by atoms with Gasteiger partial charge in [-0.1, -0.05) is 11.8 Å². The van der Waals surface area contributed by atoms with Crippen LogP contribution in [0.1, 0.15) is 0 Å². The van der Waals surface area contributed by atoms with Gasteiger partial charge in [0.25, 0.3) is 0 Å². The lowest BCUT2D eigenvalue weighted by Crippen LogP contribution is -2.24. The minimum absolute atomic E-state index is 0.727. The van der Waals surface area contributed by atoms with E-state index in [1.165, 1.54) is 0 Å². The Bertz CT molecular complexity index is 254. The van der Waals surface area contributed by atoms with Gasteiger partial charge in [-0.3, -0.25) is 0 Å². The van der Waals surface area contributed by atoms with Gasteiger partial charge < -0.3 is 10.1 Å². The molecule has 1 heterocycles. The Labute approximate surface area is 87.4 Å². The van der Waals surface area contributed by atoms with Gasteiger partial charge in [-0.25, -0.2) is 4.68 Å². The van der Waals surface area contributed by atoms with Gasteiger partial charge in [0.2, 0.25) is 5.16 Å². The number of thioether (sulfide) groups is 1. The Balaban J connectivity index is 2.17. The summed E-state index contributed by atoms with van der Waals surface area (Å²) in [5, 5.41) is 15.4. The van der Waals surface area contributed by atoms with Crippen molar-refractivity contribution in [1.29, 1.82) is 0 Å². The summed E-state index contributed by atoms with van der Waals surface area (Å²) in [7, 11) is 1.69. The highest BCUT2D eigenvalue weighted by Gasteiger charge is 2.02. The van der Waals surface area contributed by atoms with Crippen LogP contribution in [-0.2, 0) is 11.3 Å². The van der Waals surface area contributed by atoms with E-state index in [2.05, 4.69) is 20.8 Å². The maximum absolute atomic E-state index is 4.91. The topological polar surface area (TPSA) is 64.9 Å². The molecule has 0 aromatic carbocycles. The first-order chi connectivity index (χ1) is 6.88. The first-order valence-electron chi connectivity index (χ1n) is 4.38. The minimum Gasteiger partial charge on any atom is -0.383 e. The highest BCUT2D eigenvalue weighted by atomic mass is 32.2. The average Bonchev–Trinajstić information content (AvgIpc) is 2.65. The quantitative estimate of drug-likeness (QED) is 0.496. The van der Waals surface area contributed by atoms with E-state index < -0.39 is 0 Å². The lowest BCUT2D eigenvalue weighted by Gasteiger charge is -2.04. The van der Waals surface area contributed by atoms with Gasteiger partial charge in [-0.2, -0.15) is 0 Å². The molecule has 0 spiro atoms. The van der Waals surface area contributed by atoms with E-state index in [9.17, 15) is 0 Å². The number of ether oxygens (including phenoxy) is 1. The van der Waals surface area contributed by atoms with Gasteiger partial charge in [0.1, 0.15) is 0 Å². The minimum atomic E-state index is 0.727. The molecule has 1 rings (SSSR count). The molecule has 0 radical (unpaired) electrons. The molecule has 7 heteroatoms. The number of tetrazole rings is 1. The summed E-state index contributed by atoms with van der Waals surface area (Å²) in [6.07, 6.45) is 1.96. The number of hydrogen-bond acceptors (Lipinski definition) is 6. The van der Waals surface area contributed by atoms with Gasteiger partial charge in [0.15, 0.2) is 0 Å². The molecule has 6 nitrogen and oxygen atoms in total. The first kappa shape index (κ1) is 11.4. The second-order valence-corrected chi connectivity index (χ2v) is 3.40. The van der Waals surface area contributed by atoms with Gasteiger partial charge >= 0.3 is 0 Å². The fraction of sp³-hybridized carbons (Fsp3) is 0.857. The monoisotopic (exact) mass is 217 g/mol. The molecule has 0 saturated carbocycles. The molecular formula is C7H15N5OS. The van der Waals surface area contributed by atoms with Crippen molar-refractivity contribution < 1.29 is 4.74 Å². The largest absolute Gasteiger partial charge is 0.383 e. The fourth-order valence-electron chi connectivity index (χ4n) is 0.967. The van der Waals surface area contributed by atoms with Crippen molar-refractivity contribution in [1.82, 2.24) is 25.5 Å². The zero-order valence-corrected chi connectivity index (χ0v) is 9.25. The molecule has 80 valence electrons. The molecule has 1 aromatic rings. The Morgan fingerprint density at radius 2 is 2.36 bits per heavy atom. The molecule has 0 unspecified atom stereocenters. The van der Waals surface area contributed by atoms with E-state index in [0.717, 1.165) is 31.4 Å². The molecule has 1 aromatic heterocycles. The average molecular weight is 217 g/mol. The summed E-state index contributed by atoms with van der Waals surface area (Å²) in [6.45, 7) is 3.22. The number of hydrogen-bond donors (Lipinski definition) is 1. The number of nitrogens with one attached hydrogen (secondary N) is 1. The molecule has 1 N–H and O–H groups in total. The highest BCUT2D eigenvalue weighted by Crippen LogP contribution is 2.07. The summed E-state index contributed by atoms with van der Waals surface area (Å²) in [5.41, 5.74) is 0. The van der Waals surface area contributed by atoms with E-state index in [1.807, 2.05) is 6.26 Å². The van der Waals surface area contributed by atoms with E-state index in [0.29, 0.717) is 0 Å². The summed E-state index contributed by atoms with van der Waals surface area (Å²) in [5.74, 6) is 0. The summed E-state index contributed by atoms with van der Waals surface area (Å²) in [4.78, 5) is 0. The second kappa shape index (κ2) is 6.74. The van der Waals surface area contributed by atoms with Crippen molar-refractivity contribution in [2.45, 2.75) is 11.7 Å². The standard InChI is InChI=1S/C7H15N5OS/c1-13-6-4-8-3-5-12-7(14-2)9-10-11-12/h8H,3-6H2,1-2H3. The molecule has 0 aliphatic carbocycles. The van der Waals surface area contributed by atoms with Crippen LogP contribution >= 0.6 is 11.8 Å². The summed E-state index contributed by atoms with van der Waals surface area (Å²) in [6, 6.07) is 0. The third-order valence-electron chi connectivity index (χ3n) is 1.66. The lowest BCUT2D eigenvalue weighted by atomic mass is 10.6. The predicted molar refractivity (Wildman–Crippen MR) is 54.3 cm³/mol. The van der Waals surface area contributed by atoms with Crippen molar-refractivity contribution in [2.24, 2.45) is 0 Å². The first-order valence-corrected chi connectivity index (χ1v) is 5.60. The Hall–Kier alpha value is -0.660. The zero-order valence-electron chi connectivity index (χ0n) is 8.43. The predicted octanol–water partition coefficient (Wildman–Crippen LogP) is -0.369. The Kier molecular flexibility index (Phi) is 5.50. The number of aromatic nitrogens is 4. The molecule has 0 aliphatic heterocycles. The number of rotatable bonds is 7. The SMILES string of the molecule is COCCNCCn1nnnc1SC. The van der Waals surface area contributed by atoms with Gasteiger partial charge in [0.05, 0.1) is 13.2 Å². The van der Waals surface area contributed by atoms with Gasteiger partial charge in [-0.15, -0.1) is 5.10 Å². The molecule has 0 fully saturated rings. The second-order valence-electron chi connectivity index (χ2n) is 2.63.